The summed E-state index contributed by atoms with van der Waals surface area (Å²) in [6, 6.07) is 8.99. The van der Waals surface area contributed by atoms with Crippen LogP contribution >= 0.6 is 0 Å². The van der Waals surface area contributed by atoms with Crippen molar-refractivity contribution in [3.8, 4) is 0 Å². The van der Waals surface area contributed by atoms with E-state index in [-0.39, 0.29) is 5.82 Å². The smallest absolute Gasteiger partial charge is 0.129 e. The lowest BCUT2D eigenvalue weighted by Crippen LogP contribution is -1.93. The molecule has 2 aromatic rings. The summed E-state index contributed by atoms with van der Waals surface area (Å²) in [4.78, 5) is 7.47. The molecule has 0 saturated carbocycles. The first-order valence-electron chi connectivity index (χ1n) is 4.45. The number of nitrogen functional groups attached to an aromatic ring is 1. The number of anilines is 1. The van der Waals surface area contributed by atoms with Crippen molar-refractivity contribution in [1.29, 1.82) is 0 Å². The molecule has 2 rings (SSSR count). The quantitative estimate of drug-likeness (QED) is 0.776. The number of rotatable bonds is 1. The van der Waals surface area contributed by atoms with Gasteiger partial charge in [0.25, 0.3) is 0 Å². The van der Waals surface area contributed by atoms with Crippen LogP contribution in [0.25, 0.3) is 0 Å². The maximum absolute atomic E-state index is 11.9. The third kappa shape index (κ3) is 4.17. The molecule has 0 unspecified atom stereocenters. The molecule has 0 atom stereocenters. The van der Waals surface area contributed by atoms with E-state index in [9.17, 15) is 4.39 Å². The average molecular weight is 205 g/mol. The summed E-state index contributed by atoms with van der Waals surface area (Å²) < 4.78 is 11.9. The molecule has 15 heavy (non-hydrogen) atoms. The molecule has 2 aromatic heterocycles. The molecule has 0 bridgehead atoms. The summed E-state index contributed by atoms with van der Waals surface area (Å²) in [5, 5.41) is 0. The fourth-order valence-corrected chi connectivity index (χ4v) is 0.876. The van der Waals surface area contributed by atoms with Gasteiger partial charge in [-0.05, 0) is 18.2 Å². The summed E-state index contributed by atoms with van der Waals surface area (Å²) in [6.45, 7) is -0.542. The Kier molecular flexibility index (Phi) is 4.80. The Balaban J connectivity index is 0.000000162. The molecule has 78 valence electrons. The fraction of sp³-hybridized carbons (Fsp3) is 0.0909. The molecule has 0 saturated heterocycles. The van der Waals surface area contributed by atoms with Gasteiger partial charge >= 0.3 is 0 Å². The van der Waals surface area contributed by atoms with E-state index < -0.39 is 6.67 Å². The van der Waals surface area contributed by atoms with E-state index in [0.29, 0.717) is 5.56 Å². The number of hydrogen-bond acceptors (Lipinski definition) is 3. The number of nitrogens with two attached hydrogens (primary N) is 1. The lowest BCUT2D eigenvalue weighted by atomic mass is 10.3. The summed E-state index contributed by atoms with van der Waals surface area (Å²) in [6.07, 6.45) is 5.04. The number of halogens is 1. The van der Waals surface area contributed by atoms with Gasteiger partial charge in [-0.1, -0.05) is 12.1 Å². The number of pyridine rings is 2. The van der Waals surface area contributed by atoms with Crippen molar-refractivity contribution in [1.82, 2.24) is 9.97 Å². The standard InChI is InChI=1S/C6H7FN2.C5H5N/c7-4-5-2-1-3-9-6(5)8;1-2-4-6-5-3-1/h1-3H,4H2,(H2,8,9);1-5H. The molecule has 2 N–H and O–H groups in total. The van der Waals surface area contributed by atoms with Gasteiger partial charge in [0.2, 0.25) is 0 Å². The molecule has 0 radical (unpaired) electrons. The van der Waals surface area contributed by atoms with Gasteiger partial charge in [-0.2, -0.15) is 0 Å². The lowest BCUT2D eigenvalue weighted by Gasteiger charge is -1.95. The van der Waals surface area contributed by atoms with E-state index >= 15 is 0 Å². The van der Waals surface area contributed by atoms with Gasteiger partial charge in [-0.3, -0.25) is 4.98 Å². The van der Waals surface area contributed by atoms with Gasteiger partial charge in [-0.15, -0.1) is 0 Å². The molecule has 0 aliphatic heterocycles. The Bertz CT molecular complexity index is 352. The minimum atomic E-state index is -0.542. The number of aromatic nitrogens is 2. The third-order valence-electron chi connectivity index (χ3n) is 1.64. The zero-order valence-corrected chi connectivity index (χ0v) is 8.18. The van der Waals surface area contributed by atoms with Crippen LogP contribution in [-0.4, -0.2) is 9.97 Å². The van der Waals surface area contributed by atoms with Crippen molar-refractivity contribution in [3.05, 3.63) is 54.5 Å². The van der Waals surface area contributed by atoms with Gasteiger partial charge in [0.1, 0.15) is 12.5 Å². The Morgan fingerprint density at radius 2 is 1.80 bits per heavy atom. The van der Waals surface area contributed by atoms with Crippen molar-refractivity contribution >= 4 is 5.82 Å². The molecule has 0 aliphatic rings. The first-order chi connectivity index (χ1) is 7.34. The van der Waals surface area contributed by atoms with Crippen LogP contribution in [0.4, 0.5) is 10.2 Å². The lowest BCUT2D eigenvalue weighted by molar-refractivity contribution is 0.485. The second kappa shape index (κ2) is 6.48. The zero-order chi connectivity index (χ0) is 10.9. The van der Waals surface area contributed by atoms with Crippen LogP contribution in [0.3, 0.4) is 0 Å². The van der Waals surface area contributed by atoms with Crippen molar-refractivity contribution in [2.24, 2.45) is 0 Å². The number of alkyl halides is 1. The highest BCUT2D eigenvalue weighted by Gasteiger charge is 1.94. The molecule has 2 heterocycles. The second-order valence-corrected chi connectivity index (χ2v) is 2.71. The summed E-state index contributed by atoms with van der Waals surface area (Å²) in [7, 11) is 0. The molecule has 0 amide bonds. The van der Waals surface area contributed by atoms with Gasteiger partial charge in [-0.25, -0.2) is 9.37 Å². The van der Waals surface area contributed by atoms with Crippen LogP contribution in [0.5, 0.6) is 0 Å². The minimum Gasteiger partial charge on any atom is -0.383 e. The van der Waals surface area contributed by atoms with E-state index in [2.05, 4.69) is 9.97 Å². The van der Waals surface area contributed by atoms with Crippen LogP contribution in [-0.2, 0) is 6.67 Å². The topological polar surface area (TPSA) is 51.8 Å². The molecule has 0 aliphatic carbocycles. The molecular weight excluding hydrogens is 193 g/mol. The highest BCUT2D eigenvalue weighted by atomic mass is 19.1. The van der Waals surface area contributed by atoms with E-state index in [1.54, 1.807) is 24.5 Å². The highest BCUT2D eigenvalue weighted by Crippen LogP contribution is 2.06. The first kappa shape index (κ1) is 11.1. The van der Waals surface area contributed by atoms with E-state index in [4.69, 9.17) is 5.73 Å². The van der Waals surface area contributed by atoms with Crippen LogP contribution in [0.15, 0.2) is 48.9 Å². The van der Waals surface area contributed by atoms with Crippen molar-refractivity contribution < 1.29 is 4.39 Å². The normalized spacial score (nSPS) is 8.87. The Hall–Kier alpha value is -1.97. The van der Waals surface area contributed by atoms with Crippen LogP contribution in [0.2, 0.25) is 0 Å². The summed E-state index contributed by atoms with van der Waals surface area (Å²) >= 11 is 0. The predicted octanol–water partition coefficient (Wildman–Crippen LogP) is 2.21. The van der Waals surface area contributed by atoms with Gasteiger partial charge in [0.05, 0.1) is 0 Å². The van der Waals surface area contributed by atoms with Gasteiger partial charge in [0, 0.05) is 24.2 Å². The van der Waals surface area contributed by atoms with Crippen LogP contribution in [0.1, 0.15) is 5.56 Å². The monoisotopic (exact) mass is 205 g/mol. The maximum atomic E-state index is 11.9. The summed E-state index contributed by atoms with van der Waals surface area (Å²) in [5.41, 5.74) is 5.74. The SMILES string of the molecule is Nc1ncccc1CF.c1ccncc1. The Morgan fingerprint density at radius 3 is 2.13 bits per heavy atom. The van der Waals surface area contributed by atoms with E-state index in [1.165, 1.54) is 6.20 Å². The third-order valence-corrected chi connectivity index (χ3v) is 1.64. The van der Waals surface area contributed by atoms with E-state index in [1.807, 2.05) is 18.2 Å². The molecule has 3 nitrogen and oxygen atoms in total. The highest BCUT2D eigenvalue weighted by molar-refractivity contribution is 5.37. The maximum Gasteiger partial charge on any atom is 0.129 e. The van der Waals surface area contributed by atoms with Crippen molar-refractivity contribution in [2.45, 2.75) is 6.67 Å². The second-order valence-electron chi connectivity index (χ2n) is 2.71. The Labute approximate surface area is 87.8 Å². The first-order valence-corrected chi connectivity index (χ1v) is 4.45. The average Bonchev–Trinajstić information content (AvgIpc) is 2.33. The molecule has 0 fully saturated rings. The predicted molar refractivity (Wildman–Crippen MR) is 57.7 cm³/mol. The number of hydrogen-bond donors (Lipinski definition) is 1. The molecule has 0 aromatic carbocycles. The molecule has 4 heteroatoms. The fourth-order valence-electron chi connectivity index (χ4n) is 0.876. The number of nitrogens with zero attached hydrogens (tertiary/aromatic N) is 2. The van der Waals surface area contributed by atoms with Crippen molar-refractivity contribution in [2.75, 3.05) is 5.73 Å². The summed E-state index contributed by atoms with van der Waals surface area (Å²) in [5.74, 6) is 0.278. The Morgan fingerprint density at radius 1 is 1.07 bits per heavy atom. The molecular formula is C11H12FN3. The van der Waals surface area contributed by atoms with Crippen LogP contribution in [0, 0.1) is 0 Å². The molecule has 0 spiro atoms. The van der Waals surface area contributed by atoms with Gasteiger partial charge in [0.15, 0.2) is 0 Å². The largest absolute Gasteiger partial charge is 0.383 e. The minimum absolute atomic E-state index is 0.278. The van der Waals surface area contributed by atoms with Gasteiger partial charge < -0.3 is 5.73 Å². The van der Waals surface area contributed by atoms with E-state index in [0.717, 1.165) is 0 Å². The van der Waals surface area contributed by atoms with Crippen molar-refractivity contribution in [3.63, 3.8) is 0 Å². The zero-order valence-electron chi connectivity index (χ0n) is 8.18. The van der Waals surface area contributed by atoms with Crippen LogP contribution < -0.4 is 5.73 Å².